The molecule has 0 aliphatic rings. The van der Waals surface area contributed by atoms with Crippen molar-refractivity contribution < 1.29 is 4.21 Å². The molecule has 1 aromatic rings. The minimum Gasteiger partial charge on any atom is -0.367 e. The standard InChI is InChI=1S/C10H17N3OS/c1-8(4-5-15(3)14)13-10-6-9(2)11-7-12-10/h6-8H,4-5H2,1-3H3,(H,11,12,13). The molecule has 0 fully saturated rings. The van der Waals surface area contributed by atoms with E-state index in [1.54, 1.807) is 12.6 Å². The number of aromatic nitrogens is 2. The fraction of sp³-hybridized carbons (Fsp3) is 0.600. The highest BCUT2D eigenvalue weighted by Crippen LogP contribution is 2.06. The molecular formula is C10H17N3OS. The Morgan fingerprint density at radius 3 is 2.87 bits per heavy atom. The van der Waals surface area contributed by atoms with Gasteiger partial charge in [0, 0.05) is 40.6 Å². The largest absolute Gasteiger partial charge is 0.367 e. The van der Waals surface area contributed by atoms with E-state index in [9.17, 15) is 4.21 Å². The van der Waals surface area contributed by atoms with Crippen molar-refractivity contribution in [3.63, 3.8) is 0 Å². The second-order valence-electron chi connectivity index (χ2n) is 3.66. The lowest BCUT2D eigenvalue weighted by Gasteiger charge is -2.13. The van der Waals surface area contributed by atoms with Crippen LogP contribution in [0, 0.1) is 6.92 Å². The highest BCUT2D eigenvalue weighted by atomic mass is 32.2. The van der Waals surface area contributed by atoms with Crippen LogP contribution in [0.4, 0.5) is 5.82 Å². The zero-order valence-electron chi connectivity index (χ0n) is 9.36. The Hall–Kier alpha value is -0.970. The van der Waals surface area contributed by atoms with Gasteiger partial charge in [-0.1, -0.05) is 0 Å². The maximum Gasteiger partial charge on any atom is 0.129 e. The van der Waals surface area contributed by atoms with Gasteiger partial charge in [0.15, 0.2) is 0 Å². The van der Waals surface area contributed by atoms with Gasteiger partial charge in [-0.05, 0) is 20.3 Å². The SMILES string of the molecule is Cc1cc(NC(C)CCS(C)=O)ncn1. The van der Waals surface area contributed by atoms with Crippen LogP contribution >= 0.6 is 0 Å². The third-order valence-electron chi connectivity index (χ3n) is 2.04. The van der Waals surface area contributed by atoms with Crippen LogP contribution in [-0.2, 0) is 10.8 Å². The summed E-state index contributed by atoms with van der Waals surface area (Å²) in [5.74, 6) is 1.55. The molecule has 0 aliphatic carbocycles. The molecule has 4 nitrogen and oxygen atoms in total. The third-order valence-corrected chi connectivity index (χ3v) is 2.85. The average molecular weight is 227 g/mol. The Morgan fingerprint density at radius 1 is 1.53 bits per heavy atom. The fourth-order valence-electron chi connectivity index (χ4n) is 1.20. The number of hydrogen-bond donors (Lipinski definition) is 1. The molecule has 84 valence electrons. The molecule has 1 N–H and O–H groups in total. The lowest BCUT2D eigenvalue weighted by molar-refractivity contribution is 0.678. The summed E-state index contributed by atoms with van der Waals surface area (Å²) in [6.45, 7) is 3.99. The summed E-state index contributed by atoms with van der Waals surface area (Å²) in [5.41, 5.74) is 0.943. The molecule has 0 saturated heterocycles. The summed E-state index contributed by atoms with van der Waals surface area (Å²) in [7, 11) is -0.721. The van der Waals surface area contributed by atoms with Gasteiger partial charge in [0.2, 0.25) is 0 Å². The normalized spacial score (nSPS) is 14.6. The van der Waals surface area contributed by atoms with E-state index >= 15 is 0 Å². The summed E-state index contributed by atoms with van der Waals surface area (Å²) < 4.78 is 10.9. The monoisotopic (exact) mass is 227 g/mol. The maximum atomic E-state index is 10.9. The van der Waals surface area contributed by atoms with Crippen LogP contribution in [0.5, 0.6) is 0 Å². The molecule has 5 heteroatoms. The summed E-state index contributed by atoms with van der Waals surface area (Å²) in [4.78, 5) is 8.13. The molecule has 0 spiro atoms. The van der Waals surface area contributed by atoms with Crippen molar-refractivity contribution in [3.8, 4) is 0 Å². The van der Waals surface area contributed by atoms with Crippen LogP contribution in [0.25, 0.3) is 0 Å². The Balaban J connectivity index is 2.44. The Kier molecular flexibility index (Phi) is 4.68. The van der Waals surface area contributed by atoms with Crippen molar-refractivity contribution in [3.05, 3.63) is 18.1 Å². The topological polar surface area (TPSA) is 54.9 Å². The van der Waals surface area contributed by atoms with Crippen LogP contribution in [0.1, 0.15) is 19.0 Å². The molecule has 1 aromatic heterocycles. The van der Waals surface area contributed by atoms with Crippen LogP contribution in [0.15, 0.2) is 12.4 Å². The van der Waals surface area contributed by atoms with E-state index in [2.05, 4.69) is 22.2 Å². The van der Waals surface area contributed by atoms with Gasteiger partial charge in [0.25, 0.3) is 0 Å². The van der Waals surface area contributed by atoms with E-state index in [4.69, 9.17) is 0 Å². The second-order valence-corrected chi connectivity index (χ2v) is 5.21. The Labute approximate surface area is 93.0 Å². The zero-order chi connectivity index (χ0) is 11.3. The molecule has 0 aromatic carbocycles. The number of nitrogens with one attached hydrogen (secondary N) is 1. The van der Waals surface area contributed by atoms with E-state index in [1.165, 1.54) is 0 Å². The van der Waals surface area contributed by atoms with Crippen LogP contribution in [0.2, 0.25) is 0 Å². The van der Waals surface area contributed by atoms with Crippen molar-refractivity contribution in [2.45, 2.75) is 26.3 Å². The molecule has 0 radical (unpaired) electrons. The quantitative estimate of drug-likeness (QED) is 0.825. The van der Waals surface area contributed by atoms with Gasteiger partial charge in [0.1, 0.15) is 12.1 Å². The summed E-state index contributed by atoms with van der Waals surface area (Å²) in [5, 5.41) is 3.25. The van der Waals surface area contributed by atoms with Gasteiger partial charge in [-0.15, -0.1) is 0 Å². The van der Waals surface area contributed by atoms with E-state index < -0.39 is 10.8 Å². The molecular weight excluding hydrogens is 210 g/mol. The fourth-order valence-corrected chi connectivity index (χ4v) is 1.89. The van der Waals surface area contributed by atoms with Gasteiger partial charge in [-0.2, -0.15) is 0 Å². The average Bonchev–Trinajstić information content (AvgIpc) is 2.15. The van der Waals surface area contributed by atoms with Gasteiger partial charge in [-0.3, -0.25) is 4.21 Å². The number of rotatable bonds is 5. The Bertz CT molecular complexity index is 343. The summed E-state index contributed by atoms with van der Waals surface area (Å²) in [6, 6.07) is 2.18. The van der Waals surface area contributed by atoms with Gasteiger partial charge >= 0.3 is 0 Å². The lowest BCUT2D eigenvalue weighted by Crippen LogP contribution is -2.18. The van der Waals surface area contributed by atoms with E-state index in [0.717, 1.165) is 23.7 Å². The van der Waals surface area contributed by atoms with Crippen LogP contribution < -0.4 is 5.32 Å². The first-order valence-corrected chi connectivity index (χ1v) is 6.66. The number of hydrogen-bond acceptors (Lipinski definition) is 4. The van der Waals surface area contributed by atoms with Gasteiger partial charge in [0.05, 0.1) is 0 Å². The van der Waals surface area contributed by atoms with Crippen LogP contribution in [0.3, 0.4) is 0 Å². The summed E-state index contributed by atoms with van der Waals surface area (Å²) in [6.07, 6.45) is 4.15. The lowest BCUT2D eigenvalue weighted by atomic mass is 10.2. The number of aryl methyl sites for hydroxylation is 1. The van der Waals surface area contributed by atoms with Crippen LogP contribution in [-0.4, -0.2) is 32.2 Å². The number of anilines is 1. The predicted octanol–water partition coefficient (Wildman–Crippen LogP) is 1.35. The van der Waals surface area contributed by atoms with Crippen molar-refractivity contribution in [1.82, 2.24) is 9.97 Å². The third kappa shape index (κ3) is 4.88. The molecule has 1 heterocycles. The molecule has 15 heavy (non-hydrogen) atoms. The molecule has 2 atom stereocenters. The first kappa shape index (κ1) is 12.1. The molecule has 2 unspecified atom stereocenters. The molecule has 1 rings (SSSR count). The molecule has 0 aliphatic heterocycles. The zero-order valence-corrected chi connectivity index (χ0v) is 10.2. The van der Waals surface area contributed by atoms with Gasteiger partial charge < -0.3 is 5.32 Å². The number of nitrogens with zero attached hydrogens (tertiary/aromatic N) is 2. The maximum absolute atomic E-state index is 10.9. The van der Waals surface area contributed by atoms with Crippen molar-refractivity contribution in [1.29, 1.82) is 0 Å². The van der Waals surface area contributed by atoms with Crippen molar-refractivity contribution in [2.24, 2.45) is 0 Å². The minimum atomic E-state index is -0.721. The molecule has 0 amide bonds. The predicted molar refractivity (Wildman–Crippen MR) is 63.4 cm³/mol. The highest BCUT2D eigenvalue weighted by Gasteiger charge is 2.04. The second kappa shape index (κ2) is 5.80. The first-order valence-electron chi connectivity index (χ1n) is 4.93. The smallest absolute Gasteiger partial charge is 0.129 e. The van der Waals surface area contributed by atoms with Gasteiger partial charge in [-0.25, -0.2) is 9.97 Å². The Morgan fingerprint density at radius 2 is 2.27 bits per heavy atom. The molecule has 0 saturated carbocycles. The van der Waals surface area contributed by atoms with E-state index in [0.29, 0.717) is 0 Å². The molecule has 0 bridgehead atoms. The first-order chi connectivity index (χ1) is 7.08. The van der Waals surface area contributed by atoms with Crippen molar-refractivity contribution in [2.75, 3.05) is 17.3 Å². The van der Waals surface area contributed by atoms with E-state index in [-0.39, 0.29) is 6.04 Å². The van der Waals surface area contributed by atoms with Crippen molar-refractivity contribution >= 4 is 16.6 Å². The van der Waals surface area contributed by atoms with E-state index in [1.807, 2.05) is 13.0 Å². The highest BCUT2D eigenvalue weighted by molar-refractivity contribution is 7.84. The minimum absolute atomic E-state index is 0.281. The summed E-state index contributed by atoms with van der Waals surface area (Å²) >= 11 is 0.